The largest absolute Gasteiger partial charge is 0.0776 e. The lowest BCUT2D eigenvalue weighted by molar-refractivity contribution is 0.229. The van der Waals surface area contributed by atoms with Gasteiger partial charge < -0.3 is 0 Å². The maximum absolute atomic E-state index is 2.48. The maximum atomic E-state index is 2.48. The summed E-state index contributed by atoms with van der Waals surface area (Å²) >= 11 is 0. The molecule has 1 rings (SSSR count). The number of benzene rings is 1. The Morgan fingerprint density at radius 2 is 0.862 bits per heavy atom. The van der Waals surface area contributed by atoms with E-state index in [2.05, 4.69) is 101 Å². The van der Waals surface area contributed by atoms with Gasteiger partial charge in [-0.05, 0) is 50.7 Å². The molecule has 0 aliphatic heterocycles. The van der Waals surface area contributed by atoms with Crippen LogP contribution in [0.4, 0.5) is 0 Å². The van der Waals surface area contributed by atoms with Crippen LogP contribution in [0.1, 0.15) is 149 Å². The second-order valence-corrected chi connectivity index (χ2v) is 12.0. The van der Waals surface area contributed by atoms with Gasteiger partial charge in [0.1, 0.15) is 0 Å². The summed E-state index contributed by atoms with van der Waals surface area (Å²) in [5.41, 5.74) is 5.41. The number of rotatable bonds is 2. The molecule has 1 aromatic carbocycles. The fraction of sp³-hybridized carbons (Fsp3) is 0.793. The van der Waals surface area contributed by atoms with Gasteiger partial charge in [0, 0.05) is 0 Å². The Labute approximate surface area is 189 Å². The average Bonchev–Trinajstić information content (AvgIpc) is 2.31. The van der Waals surface area contributed by atoms with Crippen LogP contribution in [0.25, 0.3) is 0 Å². The topological polar surface area (TPSA) is 0 Å². The van der Waals surface area contributed by atoms with E-state index < -0.39 is 0 Å². The molecule has 29 heavy (non-hydrogen) atoms. The standard InChI is InChI=1S/C24H42.5CH4/c1-21(2,3)16-20(24(10,11)12)17-13-18(22(4,5)6)15-19(14-17)23(7,8)9;;;;;/h13-15,20H,16H2,1-12H3;5*1H4. The molecule has 0 bridgehead atoms. The van der Waals surface area contributed by atoms with Gasteiger partial charge in [0.25, 0.3) is 0 Å². The van der Waals surface area contributed by atoms with E-state index >= 15 is 0 Å². The Hall–Kier alpha value is -0.780. The highest BCUT2D eigenvalue weighted by atomic mass is 14.4. The number of hydrogen-bond acceptors (Lipinski definition) is 0. The van der Waals surface area contributed by atoms with Crippen LogP contribution in [-0.4, -0.2) is 0 Å². The van der Waals surface area contributed by atoms with Crippen LogP contribution in [0.3, 0.4) is 0 Å². The predicted molar refractivity (Wildman–Crippen MR) is 144 cm³/mol. The fourth-order valence-electron chi connectivity index (χ4n) is 3.26. The van der Waals surface area contributed by atoms with Gasteiger partial charge in [-0.1, -0.05) is 138 Å². The molecule has 0 heteroatoms. The molecule has 1 unspecified atom stereocenters. The first kappa shape index (κ1) is 38.8. The first-order valence-corrected chi connectivity index (χ1v) is 9.57. The Morgan fingerprint density at radius 3 is 1.07 bits per heavy atom. The molecule has 0 aliphatic rings. The van der Waals surface area contributed by atoms with E-state index in [-0.39, 0.29) is 53.4 Å². The normalized spacial score (nSPS) is 12.8. The zero-order valence-electron chi connectivity index (χ0n) is 18.5. The number of hydrogen-bond donors (Lipinski definition) is 0. The molecule has 0 radical (unpaired) electrons. The van der Waals surface area contributed by atoms with E-state index in [0.29, 0.717) is 11.3 Å². The molecular weight excluding hydrogens is 348 g/mol. The maximum Gasteiger partial charge on any atom is -0.0108 e. The lowest BCUT2D eigenvalue weighted by atomic mass is 9.67. The van der Waals surface area contributed by atoms with Crippen LogP contribution < -0.4 is 0 Å². The lowest BCUT2D eigenvalue weighted by Crippen LogP contribution is -2.25. The third-order valence-corrected chi connectivity index (χ3v) is 4.95. The summed E-state index contributed by atoms with van der Waals surface area (Å²) in [6.07, 6.45) is 1.22. The van der Waals surface area contributed by atoms with Gasteiger partial charge in [-0.3, -0.25) is 0 Å². The van der Waals surface area contributed by atoms with E-state index in [4.69, 9.17) is 0 Å². The summed E-state index contributed by atoms with van der Waals surface area (Å²) in [7, 11) is 0. The van der Waals surface area contributed by atoms with Gasteiger partial charge >= 0.3 is 0 Å². The lowest BCUT2D eigenvalue weighted by Gasteiger charge is -2.38. The summed E-state index contributed by atoms with van der Waals surface area (Å²) in [4.78, 5) is 0. The van der Waals surface area contributed by atoms with Crippen molar-refractivity contribution < 1.29 is 0 Å². The second-order valence-electron chi connectivity index (χ2n) is 12.0. The Bertz CT molecular complexity index is 515. The molecule has 0 aliphatic carbocycles. The smallest absolute Gasteiger partial charge is 0.0108 e. The highest BCUT2D eigenvalue weighted by Crippen LogP contribution is 2.45. The highest BCUT2D eigenvalue weighted by molar-refractivity contribution is 5.39. The van der Waals surface area contributed by atoms with Crippen molar-refractivity contribution in [2.24, 2.45) is 10.8 Å². The molecule has 0 nitrogen and oxygen atoms in total. The average molecular weight is 411 g/mol. The van der Waals surface area contributed by atoms with Gasteiger partial charge in [0.15, 0.2) is 0 Å². The van der Waals surface area contributed by atoms with Crippen molar-refractivity contribution >= 4 is 0 Å². The third kappa shape index (κ3) is 11.9. The van der Waals surface area contributed by atoms with Crippen molar-refractivity contribution in [3.63, 3.8) is 0 Å². The minimum atomic E-state index is 0. The zero-order chi connectivity index (χ0) is 19.1. The van der Waals surface area contributed by atoms with Crippen LogP contribution >= 0.6 is 0 Å². The molecule has 1 aromatic rings. The predicted octanol–water partition coefficient (Wildman–Crippen LogP) is 11.0. The minimum Gasteiger partial charge on any atom is -0.0776 e. The van der Waals surface area contributed by atoms with E-state index in [9.17, 15) is 0 Å². The van der Waals surface area contributed by atoms with Crippen molar-refractivity contribution in [3.05, 3.63) is 34.9 Å². The molecule has 0 spiro atoms. The molecule has 0 heterocycles. The SMILES string of the molecule is C.C.C.C.C.CC(C)(C)CC(c1cc(C(C)(C)C)cc(C(C)(C)C)c1)C(C)(C)C. The van der Waals surface area contributed by atoms with Crippen LogP contribution in [0.2, 0.25) is 0 Å². The summed E-state index contributed by atoms with van der Waals surface area (Å²) in [6.45, 7) is 28.2. The molecule has 178 valence electrons. The van der Waals surface area contributed by atoms with E-state index in [0.717, 1.165) is 0 Å². The van der Waals surface area contributed by atoms with Gasteiger partial charge in [-0.2, -0.15) is 0 Å². The van der Waals surface area contributed by atoms with Crippen molar-refractivity contribution in [2.75, 3.05) is 0 Å². The molecule has 0 saturated carbocycles. The molecule has 0 saturated heterocycles. The first-order chi connectivity index (χ1) is 10.4. The second kappa shape index (κ2) is 12.2. The molecule has 0 N–H and O–H groups in total. The van der Waals surface area contributed by atoms with Crippen LogP contribution in [0.15, 0.2) is 18.2 Å². The summed E-state index contributed by atoms with van der Waals surface area (Å²) in [5.74, 6) is 0.570. The molecule has 1 atom stereocenters. The van der Waals surface area contributed by atoms with Crippen molar-refractivity contribution in [1.29, 1.82) is 0 Å². The van der Waals surface area contributed by atoms with Crippen molar-refractivity contribution in [2.45, 2.75) is 143 Å². The van der Waals surface area contributed by atoms with Crippen LogP contribution in [0, 0.1) is 10.8 Å². The molecule has 0 amide bonds. The van der Waals surface area contributed by atoms with Crippen molar-refractivity contribution in [3.8, 4) is 0 Å². The van der Waals surface area contributed by atoms with Gasteiger partial charge in [0.05, 0.1) is 0 Å². The van der Waals surface area contributed by atoms with E-state index in [1.54, 1.807) is 0 Å². The third-order valence-electron chi connectivity index (χ3n) is 4.95. The monoisotopic (exact) mass is 410 g/mol. The Morgan fingerprint density at radius 1 is 0.552 bits per heavy atom. The zero-order valence-corrected chi connectivity index (χ0v) is 18.5. The van der Waals surface area contributed by atoms with Gasteiger partial charge in [-0.25, -0.2) is 0 Å². The quantitative estimate of drug-likeness (QED) is 0.454. The van der Waals surface area contributed by atoms with Crippen molar-refractivity contribution in [1.82, 2.24) is 0 Å². The first-order valence-electron chi connectivity index (χ1n) is 9.57. The fourth-order valence-corrected chi connectivity index (χ4v) is 3.26. The van der Waals surface area contributed by atoms with Gasteiger partial charge in [-0.15, -0.1) is 0 Å². The van der Waals surface area contributed by atoms with Gasteiger partial charge in [0.2, 0.25) is 0 Å². The van der Waals surface area contributed by atoms with E-state index in [1.807, 2.05) is 0 Å². The summed E-state index contributed by atoms with van der Waals surface area (Å²) in [6, 6.07) is 7.40. The summed E-state index contributed by atoms with van der Waals surface area (Å²) in [5, 5.41) is 0. The van der Waals surface area contributed by atoms with Crippen LogP contribution in [0.5, 0.6) is 0 Å². The van der Waals surface area contributed by atoms with Crippen LogP contribution in [-0.2, 0) is 10.8 Å². The Balaban J connectivity index is -0.000000384. The van der Waals surface area contributed by atoms with E-state index in [1.165, 1.54) is 23.1 Å². The summed E-state index contributed by atoms with van der Waals surface area (Å²) < 4.78 is 0. The Kier molecular flexibility index (Phi) is 16.3. The highest BCUT2D eigenvalue weighted by Gasteiger charge is 2.32. The minimum absolute atomic E-state index is 0. The molecule has 0 aromatic heterocycles. The molecule has 0 fully saturated rings. The molecular formula is C29H62.